The molecule has 0 N–H and O–H groups in total. The molecular weight excluding hydrogens is 262 g/mol. The third kappa shape index (κ3) is 7.88. The number of phosphoric acid groups is 1. The van der Waals surface area contributed by atoms with E-state index in [2.05, 4.69) is 6.58 Å². The zero-order valence-corrected chi connectivity index (χ0v) is 10.7. The van der Waals surface area contributed by atoms with E-state index in [-0.39, 0.29) is 17.7 Å². The Hall–Kier alpha value is 0.01000. The van der Waals surface area contributed by atoms with E-state index in [0.29, 0.717) is 6.42 Å². The van der Waals surface area contributed by atoms with E-state index in [0.717, 1.165) is 6.26 Å². The van der Waals surface area contributed by atoms with E-state index >= 15 is 0 Å². The van der Waals surface area contributed by atoms with Crippen molar-refractivity contribution in [3.63, 3.8) is 0 Å². The first-order chi connectivity index (χ1) is 7.04. The zero-order chi connectivity index (χ0) is 11.7. The van der Waals surface area contributed by atoms with Crippen molar-refractivity contribution in [3.05, 3.63) is 23.4 Å². The van der Waals surface area contributed by atoms with Gasteiger partial charge in [0.25, 0.3) is 0 Å². The fraction of sp³-hybridized carbons (Fsp3) is 0.500. The molecule has 0 fully saturated rings. The molecule has 0 amide bonds. The molecule has 1 unspecified atom stereocenters. The number of phosphoric ester groups is 1. The summed E-state index contributed by atoms with van der Waals surface area (Å²) in [6, 6.07) is 0. The van der Waals surface area contributed by atoms with E-state index in [1.165, 1.54) is 6.08 Å². The maximum Gasteiger partial charge on any atom is 0.529 e. The second kappa shape index (κ2) is 8.20. The summed E-state index contributed by atoms with van der Waals surface area (Å²) in [5.74, 6) is 0. The summed E-state index contributed by atoms with van der Waals surface area (Å²) in [6.45, 7) is 5.58. The van der Waals surface area contributed by atoms with Gasteiger partial charge in [-0.2, -0.15) is 0 Å². The first-order valence-corrected chi connectivity index (χ1v) is 6.45. The summed E-state index contributed by atoms with van der Waals surface area (Å²) in [4.78, 5) is 0. The van der Waals surface area contributed by atoms with Gasteiger partial charge < -0.3 is 4.52 Å². The molecule has 0 radical (unpaired) electrons. The van der Waals surface area contributed by atoms with E-state index in [1.54, 1.807) is 0 Å². The Bertz CT molecular complexity index is 263. The van der Waals surface area contributed by atoms with E-state index in [9.17, 15) is 4.57 Å². The smallest absolute Gasteiger partial charge is 0.409 e. The number of halogens is 2. The summed E-state index contributed by atoms with van der Waals surface area (Å²) < 4.78 is 26.1. The molecule has 0 aliphatic rings. The predicted octanol–water partition coefficient (Wildman–Crippen LogP) is 4.02. The highest BCUT2D eigenvalue weighted by molar-refractivity contribution is 7.48. The average molecular weight is 275 g/mol. The van der Waals surface area contributed by atoms with Crippen LogP contribution >= 0.6 is 31.0 Å². The van der Waals surface area contributed by atoms with Crippen molar-refractivity contribution in [2.24, 2.45) is 0 Å². The van der Waals surface area contributed by atoms with Gasteiger partial charge in [-0.25, -0.2) is 4.57 Å². The summed E-state index contributed by atoms with van der Waals surface area (Å²) in [7, 11) is -3.62. The zero-order valence-electron chi connectivity index (χ0n) is 8.32. The van der Waals surface area contributed by atoms with Gasteiger partial charge >= 0.3 is 7.82 Å². The molecule has 0 aliphatic carbocycles. The molecule has 7 heteroatoms. The van der Waals surface area contributed by atoms with E-state index < -0.39 is 7.82 Å². The highest BCUT2D eigenvalue weighted by Gasteiger charge is 2.26. The molecule has 0 saturated carbocycles. The Morgan fingerprint density at radius 3 is 2.60 bits per heavy atom. The minimum atomic E-state index is -3.62. The van der Waals surface area contributed by atoms with Crippen LogP contribution in [-0.4, -0.2) is 13.2 Å². The second-order valence-corrected chi connectivity index (χ2v) is 5.01. The van der Waals surface area contributed by atoms with Crippen molar-refractivity contribution in [3.8, 4) is 0 Å². The van der Waals surface area contributed by atoms with Gasteiger partial charge in [0.1, 0.15) is 10.8 Å². The highest BCUT2D eigenvalue weighted by Crippen LogP contribution is 2.50. The predicted molar refractivity (Wildman–Crippen MR) is 60.9 cm³/mol. The molecule has 0 aromatic rings. The fourth-order valence-electron chi connectivity index (χ4n) is 0.550. The van der Waals surface area contributed by atoms with E-state index in [4.69, 9.17) is 36.8 Å². The summed E-state index contributed by atoms with van der Waals surface area (Å²) >= 11 is 10.6. The maximum atomic E-state index is 11.8. The van der Waals surface area contributed by atoms with Gasteiger partial charge in [0, 0.05) is 0 Å². The quantitative estimate of drug-likeness (QED) is 0.381. The minimum Gasteiger partial charge on any atom is -0.409 e. The van der Waals surface area contributed by atoms with Crippen LogP contribution in [-0.2, 0) is 18.1 Å². The van der Waals surface area contributed by atoms with Gasteiger partial charge in [0.2, 0.25) is 0 Å². The second-order valence-electron chi connectivity index (χ2n) is 2.38. The lowest BCUT2D eigenvalue weighted by Gasteiger charge is -2.14. The fourth-order valence-corrected chi connectivity index (χ4v) is 1.89. The Kier molecular flexibility index (Phi) is 8.20. The van der Waals surface area contributed by atoms with Crippen LogP contribution in [0.4, 0.5) is 0 Å². The van der Waals surface area contributed by atoms with Crippen LogP contribution in [0.3, 0.4) is 0 Å². The molecule has 88 valence electrons. The van der Waals surface area contributed by atoms with Crippen molar-refractivity contribution in [1.82, 2.24) is 0 Å². The molecule has 0 aromatic carbocycles. The minimum absolute atomic E-state index is 0.0503. The Labute approximate surface area is 99.4 Å². The molecular formula is C8H13Cl2O4P. The topological polar surface area (TPSA) is 44.8 Å². The Balaban J connectivity index is 4.32. The van der Waals surface area contributed by atoms with Crippen LogP contribution in [0.2, 0.25) is 0 Å². The van der Waals surface area contributed by atoms with Crippen LogP contribution in [0.5, 0.6) is 0 Å². The molecule has 15 heavy (non-hydrogen) atoms. The molecule has 0 saturated heterocycles. The number of rotatable bonds is 8. The third-order valence-electron chi connectivity index (χ3n) is 1.07. The van der Waals surface area contributed by atoms with Gasteiger partial charge in [-0.15, -0.1) is 6.58 Å². The maximum absolute atomic E-state index is 11.8. The molecule has 0 rings (SSSR count). The van der Waals surface area contributed by atoms with Crippen molar-refractivity contribution in [2.45, 2.75) is 13.3 Å². The normalized spacial score (nSPS) is 14.1. The van der Waals surface area contributed by atoms with Gasteiger partial charge in [-0.05, 0) is 6.42 Å². The molecule has 4 nitrogen and oxygen atoms in total. The highest BCUT2D eigenvalue weighted by atomic mass is 35.5. The third-order valence-corrected chi connectivity index (χ3v) is 2.58. The van der Waals surface area contributed by atoms with Gasteiger partial charge in [-0.1, -0.05) is 36.2 Å². The van der Waals surface area contributed by atoms with Crippen molar-refractivity contribution in [1.29, 1.82) is 0 Å². The Morgan fingerprint density at radius 1 is 1.47 bits per heavy atom. The summed E-state index contributed by atoms with van der Waals surface area (Å²) in [5.41, 5.74) is 0. The lowest BCUT2D eigenvalue weighted by molar-refractivity contribution is 0.153. The standard InChI is InChI=1S/C8H13Cl2O4P/c1-3-5-12-15(11,13-6-4-2)14-7-8(9)10/h3,7H,1,4-6H2,2H3. The number of hydrogen-bond donors (Lipinski definition) is 0. The first-order valence-electron chi connectivity index (χ1n) is 4.23. The summed E-state index contributed by atoms with van der Waals surface area (Å²) in [5, 5.41) is 0. The van der Waals surface area contributed by atoms with Crippen LogP contribution < -0.4 is 0 Å². The van der Waals surface area contributed by atoms with Crippen LogP contribution in [0, 0.1) is 0 Å². The van der Waals surface area contributed by atoms with Gasteiger partial charge in [-0.3, -0.25) is 9.05 Å². The van der Waals surface area contributed by atoms with Crippen LogP contribution in [0.1, 0.15) is 13.3 Å². The van der Waals surface area contributed by atoms with Gasteiger partial charge in [0.15, 0.2) is 0 Å². The van der Waals surface area contributed by atoms with Crippen LogP contribution in [0.25, 0.3) is 0 Å². The Morgan fingerprint density at radius 2 is 2.13 bits per heavy atom. The lowest BCUT2D eigenvalue weighted by atomic mass is 10.5. The van der Waals surface area contributed by atoms with Crippen LogP contribution in [0.15, 0.2) is 23.4 Å². The monoisotopic (exact) mass is 274 g/mol. The lowest BCUT2D eigenvalue weighted by Crippen LogP contribution is -1.98. The molecule has 0 heterocycles. The molecule has 0 spiro atoms. The molecule has 0 aliphatic heterocycles. The van der Waals surface area contributed by atoms with E-state index in [1.807, 2.05) is 6.92 Å². The van der Waals surface area contributed by atoms with Crippen molar-refractivity contribution in [2.75, 3.05) is 13.2 Å². The van der Waals surface area contributed by atoms with Crippen molar-refractivity contribution < 1.29 is 18.1 Å². The average Bonchev–Trinajstić information content (AvgIpc) is 2.21. The van der Waals surface area contributed by atoms with Crippen molar-refractivity contribution >= 4 is 31.0 Å². The molecule has 0 bridgehead atoms. The summed E-state index contributed by atoms with van der Waals surface area (Å²) in [6.07, 6.45) is 3.02. The first kappa shape index (κ1) is 15.0. The van der Waals surface area contributed by atoms with Gasteiger partial charge in [0.05, 0.1) is 13.2 Å². The number of hydrogen-bond acceptors (Lipinski definition) is 4. The SMILES string of the molecule is C=CCOP(=O)(OC=C(Cl)Cl)OCCC. The molecule has 0 aromatic heterocycles. The largest absolute Gasteiger partial charge is 0.529 e. The molecule has 1 atom stereocenters.